The van der Waals surface area contributed by atoms with E-state index >= 15 is 0 Å². The van der Waals surface area contributed by atoms with Gasteiger partial charge in [0.05, 0.1) is 26.2 Å². The van der Waals surface area contributed by atoms with Crippen molar-refractivity contribution in [1.82, 2.24) is 20.2 Å². The van der Waals surface area contributed by atoms with Crippen molar-refractivity contribution in [3.8, 4) is 40.1 Å². The number of benzene rings is 4. The summed E-state index contributed by atoms with van der Waals surface area (Å²) in [5.41, 5.74) is 5.05. The molecule has 1 N–H and O–H groups in total. The van der Waals surface area contributed by atoms with Gasteiger partial charge in [0.15, 0.2) is 11.0 Å². The Kier molecular flexibility index (Phi) is 8.92. The number of hydrogen-bond acceptors (Lipinski definition) is 8. The fourth-order valence-corrected chi connectivity index (χ4v) is 4.62. The molecule has 5 rings (SSSR count). The number of methoxy groups -OCH3 is 2. The van der Waals surface area contributed by atoms with Crippen LogP contribution < -0.4 is 19.6 Å². The summed E-state index contributed by atoms with van der Waals surface area (Å²) >= 11 is 1.26. The lowest BCUT2D eigenvalue weighted by atomic mass is 10.2. The minimum absolute atomic E-state index is 0.0887. The van der Waals surface area contributed by atoms with Crippen LogP contribution in [0.3, 0.4) is 0 Å². The standard InChI is InChI=1S/C31H27N5O4S/c1-38-25-15-11-23(12-16-25)30-34-35-31(36(30)24-13-17-26(39-2)18-14-24)41-21-29(37)33-32-20-22-7-6-10-28(19-22)40-27-8-4-3-5-9-27/h3-20H,21H2,1-2H3,(H,33,37). The van der Waals surface area contributed by atoms with Gasteiger partial charge in [-0.2, -0.15) is 5.10 Å². The van der Waals surface area contributed by atoms with Crippen molar-refractivity contribution in [2.75, 3.05) is 20.0 Å². The molecule has 0 unspecified atom stereocenters. The summed E-state index contributed by atoms with van der Waals surface area (Å²) < 4.78 is 18.4. The molecule has 0 aliphatic heterocycles. The fourth-order valence-electron chi connectivity index (χ4n) is 3.88. The number of carbonyl (C=O) groups excluding carboxylic acids is 1. The lowest BCUT2D eigenvalue weighted by molar-refractivity contribution is -0.118. The Hall–Kier alpha value is -5.09. The van der Waals surface area contributed by atoms with Crippen LogP contribution in [0.25, 0.3) is 17.1 Å². The zero-order valence-electron chi connectivity index (χ0n) is 22.4. The second-order valence-corrected chi connectivity index (χ2v) is 9.58. The molecule has 41 heavy (non-hydrogen) atoms. The molecule has 0 aliphatic rings. The maximum atomic E-state index is 12.6. The number of hydrazone groups is 1. The molecule has 0 bridgehead atoms. The van der Waals surface area contributed by atoms with Gasteiger partial charge in [-0.3, -0.25) is 9.36 Å². The number of carbonyl (C=O) groups is 1. The quantitative estimate of drug-likeness (QED) is 0.119. The topological polar surface area (TPSA) is 99.9 Å². The third-order valence-corrected chi connectivity index (χ3v) is 6.81. The maximum Gasteiger partial charge on any atom is 0.250 e. The summed E-state index contributed by atoms with van der Waals surface area (Å²) in [6, 6.07) is 32.1. The lowest BCUT2D eigenvalue weighted by Crippen LogP contribution is -2.20. The first-order valence-electron chi connectivity index (χ1n) is 12.6. The molecule has 4 aromatic carbocycles. The Morgan fingerprint density at radius 2 is 1.51 bits per heavy atom. The highest BCUT2D eigenvalue weighted by Gasteiger charge is 2.17. The van der Waals surface area contributed by atoms with E-state index in [0.29, 0.717) is 16.7 Å². The van der Waals surface area contributed by atoms with Gasteiger partial charge in [0, 0.05) is 11.3 Å². The van der Waals surface area contributed by atoms with E-state index in [9.17, 15) is 4.79 Å². The normalized spacial score (nSPS) is 10.9. The summed E-state index contributed by atoms with van der Waals surface area (Å²) in [7, 11) is 3.24. The summed E-state index contributed by atoms with van der Waals surface area (Å²) in [5, 5.41) is 13.5. The Bertz CT molecular complexity index is 1620. The van der Waals surface area contributed by atoms with Gasteiger partial charge in [0.1, 0.15) is 23.0 Å². The van der Waals surface area contributed by atoms with Crippen molar-refractivity contribution < 1.29 is 19.0 Å². The summed E-state index contributed by atoms with van der Waals surface area (Å²) in [4.78, 5) is 12.6. The van der Waals surface area contributed by atoms with Crippen molar-refractivity contribution in [3.63, 3.8) is 0 Å². The van der Waals surface area contributed by atoms with Crippen LogP contribution in [-0.4, -0.2) is 46.9 Å². The van der Waals surface area contributed by atoms with Crippen LogP contribution in [0.5, 0.6) is 23.0 Å². The molecule has 0 aliphatic carbocycles. The minimum atomic E-state index is -0.279. The number of aromatic nitrogens is 3. The van der Waals surface area contributed by atoms with Gasteiger partial charge in [0.25, 0.3) is 5.91 Å². The second-order valence-electron chi connectivity index (χ2n) is 8.64. The highest BCUT2D eigenvalue weighted by molar-refractivity contribution is 7.99. The monoisotopic (exact) mass is 565 g/mol. The number of nitrogens with zero attached hydrogens (tertiary/aromatic N) is 4. The Balaban J connectivity index is 1.26. The first-order valence-corrected chi connectivity index (χ1v) is 13.6. The predicted molar refractivity (Wildman–Crippen MR) is 159 cm³/mol. The first-order chi connectivity index (χ1) is 20.1. The number of thioether (sulfide) groups is 1. The Morgan fingerprint density at radius 1 is 0.829 bits per heavy atom. The molecule has 10 heteroatoms. The van der Waals surface area contributed by atoms with Crippen LogP contribution in [0.4, 0.5) is 0 Å². The largest absolute Gasteiger partial charge is 0.497 e. The molecule has 1 aromatic heterocycles. The van der Waals surface area contributed by atoms with Crippen molar-refractivity contribution >= 4 is 23.9 Å². The van der Waals surface area contributed by atoms with Crippen LogP contribution in [0.2, 0.25) is 0 Å². The van der Waals surface area contributed by atoms with E-state index in [4.69, 9.17) is 14.2 Å². The van der Waals surface area contributed by atoms with Crippen molar-refractivity contribution in [3.05, 3.63) is 109 Å². The molecular formula is C31H27N5O4S. The molecule has 0 spiro atoms. The molecular weight excluding hydrogens is 538 g/mol. The van der Waals surface area contributed by atoms with Gasteiger partial charge in [-0.25, -0.2) is 5.43 Å². The van der Waals surface area contributed by atoms with Crippen LogP contribution in [0, 0.1) is 0 Å². The van der Waals surface area contributed by atoms with E-state index in [-0.39, 0.29) is 11.7 Å². The Morgan fingerprint density at radius 3 is 2.22 bits per heavy atom. The fraction of sp³-hybridized carbons (Fsp3) is 0.0968. The number of rotatable bonds is 11. The SMILES string of the molecule is COc1ccc(-c2nnc(SCC(=O)NN=Cc3cccc(Oc4ccccc4)c3)n2-c2ccc(OC)cc2)cc1. The molecule has 0 fully saturated rings. The minimum Gasteiger partial charge on any atom is -0.497 e. The van der Waals surface area contributed by atoms with Crippen molar-refractivity contribution in [2.45, 2.75) is 5.16 Å². The highest BCUT2D eigenvalue weighted by Crippen LogP contribution is 2.30. The van der Waals surface area contributed by atoms with Crippen LogP contribution >= 0.6 is 11.8 Å². The van der Waals surface area contributed by atoms with E-state index < -0.39 is 0 Å². The van der Waals surface area contributed by atoms with Gasteiger partial charge in [-0.1, -0.05) is 42.1 Å². The summed E-state index contributed by atoms with van der Waals surface area (Å²) in [6.45, 7) is 0. The third kappa shape index (κ3) is 7.11. The molecule has 0 saturated heterocycles. The second kappa shape index (κ2) is 13.3. The zero-order valence-corrected chi connectivity index (χ0v) is 23.2. The highest BCUT2D eigenvalue weighted by atomic mass is 32.2. The first kappa shape index (κ1) is 27.5. The maximum absolute atomic E-state index is 12.6. The molecule has 5 aromatic rings. The van der Waals surface area contributed by atoms with Crippen LogP contribution in [-0.2, 0) is 4.79 Å². The average molecular weight is 566 g/mol. The van der Waals surface area contributed by atoms with E-state index in [1.165, 1.54) is 11.8 Å². The third-order valence-electron chi connectivity index (χ3n) is 5.88. The number of amides is 1. The number of ether oxygens (including phenoxy) is 3. The van der Waals surface area contributed by atoms with Gasteiger partial charge in [-0.15, -0.1) is 10.2 Å². The molecule has 1 heterocycles. The summed E-state index contributed by atoms with van der Waals surface area (Å²) in [6.07, 6.45) is 1.57. The van der Waals surface area contributed by atoms with Crippen molar-refractivity contribution in [1.29, 1.82) is 0 Å². The van der Waals surface area contributed by atoms with Crippen LogP contribution in [0.15, 0.2) is 113 Å². The van der Waals surface area contributed by atoms with Gasteiger partial charge in [0.2, 0.25) is 0 Å². The summed E-state index contributed by atoms with van der Waals surface area (Å²) in [5.74, 6) is 3.33. The molecule has 9 nitrogen and oxygen atoms in total. The number of nitrogens with one attached hydrogen (secondary N) is 1. The van der Waals surface area contributed by atoms with E-state index in [2.05, 4.69) is 20.7 Å². The number of para-hydroxylation sites is 1. The predicted octanol–water partition coefficient (Wildman–Crippen LogP) is 5.99. The molecule has 1 amide bonds. The molecule has 0 atom stereocenters. The van der Waals surface area contributed by atoms with Gasteiger partial charge >= 0.3 is 0 Å². The molecule has 206 valence electrons. The van der Waals surface area contributed by atoms with Crippen LogP contribution in [0.1, 0.15) is 5.56 Å². The number of hydrogen-bond donors (Lipinski definition) is 1. The molecule has 0 radical (unpaired) electrons. The van der Waals surface area contributed by atoms with Gasteiger partial charge in [-0.05, 0) is 78.4 Å². The lowest BCUT2D eigenvalue weighted by Gasteiger charge is -2.11. The average Bonchev–Trinajstić information content (AvgIpc) is 3.45. The Labute approximate surface area is 241 Å². The van der Waals surface area contributed by atoms with E-state index in [1.807, 2.05) is 108 Å². The van der Waals surface area contributed by atoms with E-state index in [1.54, 1.807) is 20.4 Å². The van der Waals surface area contributed by atoms with Gasteiger partial charge < -0.3 is 14.2 Å². The smallest absolute Gasteiger partial charge is 0.250 e. The molecule has 0 saturated carbocycles. The zero-order chi connectivity index (χ0) is 28.4. The van der Waals surface area contributed by atoms with E-state index in [0.717, 1.165) is 34.1 Å². The van der Waals surface area contributed by atoms with Crippen molar-refractivity contribution in [2.24, 2.45) is 5.10 Å².